The van der Waals surface area contributed by atoms with E-state index in [9.17, 15) is 19.0 Å². The van der Waals surface area contributed by atoms with E-state index in [0.29, 0.717) is 23.9 Å². The molecule has 0 aromatic rings. The molecule has 3 unspecified atom stereocenters. The second-order valence-electron chi connectivity index (χ2n) is 22.5. The summed E-state index contributed by atoms with van der Waals surface area (Å²) < 4.78 is 30.3. The number of allylic oxidation sites excluding steroid dienone is 13. The van der Waals surface area contributed by atoms with E-state index in [-0.39, 0.29) is 24.9 Å². The van der Waals surface area contributed by atoms with Crippen LogP contribution in [0.25, 0.3) is 0 Å². The Morgan fingerprint density at radius 1 is 0.468 bits per heavy atom. The van der Waals surface area contributed by atoms with Crippen LogP contribution < -0.4 is 10.2 Å². The van der Waals surface area contributed by atoms with Crippen LogP contribution in [0.5, 0.6) is 0 Å². The zero-order chi connectivity index (χ0) is 56.4. The van der Waals surface area contributed by atoms with Crippen LogP contribution in [0.2, 0.25) is 0 Å². The molecule has 0 heterocycles. The molecule has 0 aliphatic carbocycles. The van der Waals surface area contributed by atoms with Crippen LogP contribution in [0, 0.1) is 0 Å². The molecule has 0 aliphatic heterocycles. The maximum Gasteiger partial charge on any atom is 0.306 e. The lowest BCUT2D eigenvalue weighted by Crippen LogP contribution is -2.47. The second-order valence-corrected chi connectivity index (χ2v) is 23.9. The van der Waals surface area contributed by atoms with E-state index >= 15 is 0 Å². The van der Waals surface area contributed by atoms with Gasteiger partial charge in [-0.15, -0.1) is 0 Å². The Kier molecular flexibility index (Phi) is 54.4. The lowest BCUT2D eigenvalue weighted by Gasteiger charge is -2.30. The van der Waals surface area contributed by atoms with Crippen molar-refractivity contribution in [1.82, 2.24) is 5.32 Å². The highest BCUT2D eigenvalue weighted by atomic mass is 31.2. The number of nitrogens with one attached hydrogen (secondary N) is 1. The third-order valence-corrected chi connectivity index (χ3v) is 14.8. The number of ether oxygens (including phenoxy) is 1. The van der Waals surface area contributed by atoms with E-state index < -0.39 is 26.6 Å². The summed E-state index contributed by atoms with van der Waals surface area (Å²) in [5.41, 5.74) is 0. The van der Waals surface area contributed by atoms with Gasteiger partial charge in [0.05, 0.1) is 33.8 Å². The normalized spacial score (nSPS) is 14.2. The molecule has 1 N–H and O–H groups in total. The van der Waals surface area contributed by atoms with Gasteiger partial charge in [-0.25, -0.2) is 0 Å². The molecule has 9 nitrogen and oxygen atoms in total. The summed E-state index contributed by atoms with van der Waals surface area (Å²) in [4.78, 5) is 40.0. The Bertz CT molecular complexity index is 1590. The van der Waals surface area contributed by atoms with Gasteiger partial charge in [-0.05, 0) is 102 Å². The Morgan fingerprint density at radius 2 is 0.831 bits per heavy atom. The van der Waals surface area contributed by atoms with Crippen LogP contribution in [0.15, 0.2) is 85.1 Å². The molecule has 1 amide bonds. The Morgan fingerprint density at radius 3 is 1.26 bits per heavy atom. The fraction of sp³-hybridized carbons (Fsp3) is 0.761. The summed E-state index contributed by atoms with van der Waals surface area (Å²) in [7, 11) is 1.17. The summed E-state index contributed by atoms with van der Waals surface area (Å²) in [6.45, 7) is 6.72. The predicted octanol–water partition coefficient (Wildman–Crippen LogP) is 19.1. The largest absolute Gasteiger partial charge is 0.756 e. The first kappa shape index (κ1) is 74.2. The van der Waals surface area contributed by atoms with Crippen molar-refractivity contribution >= 4 is 19.7 Å². The molecule has 0 saturated carbocycles. The van der Waals surface area contributed by atoms with Crippen molar-refractivity contribution in [1.29, 1.82) is 0 Å². The van der Waals surface area contributed by atoms with E-state index in [0.717, 1.165) is 109 Å². The Hall–Kier alpha value is -2.81. The minimum absolute atomic E-state index is 0.0280. The fourth-order valence-corrected chi connectivity index (χ4v) is 9.62. The molecule has 0 aromatic carbocycles. The van der Waals surface area contributed by atoms with Crippen molar-refractivity contribution in [2.24, 2.45) is 0 Å². The van der Waals surface area contributed by atoms with Gasteiger partial charge in [0.1, 0.15) is 19.3 Å². The SMILES string of the molecule is CC/C=C\C/C=C\C/C=C\C/C=C\C/C=C\CCCCCCCCCC(=O)OC(/C=C\CCCCCCCCCCC)C(COP(=O)([O-])OCC[N+](C)(C)C)NC(=O)CCCCCCCCC/C=C/CCCCCCCC. The van der Waals surface area contributed by atoms with E-state index in [1.165, 1.54) is 128 Å². The zero-order valence-electron chi connectivity index (χ0n) is 50.9. The maximum absolute atomic E-state index is 13.5. The molecule has 0 bridgehead atoms. The van der Waals surface area contributed by atoms with Crippen molar-refractivity contribution in [3.05, 3.63) is 85.1 Å². The van der Waals surface area contributed by atoms with Gasteiger partial charge in [0.15, 0.2) is 0 Å². The number of unbranched alkanes of at least 4 members (excludes halogenated alkanes) is 29. The number of nitrogens with zero attached hydrogens (tertiary/aromatic N) is 1. The van der Waals surface area contributed by atoms with Gasteiger partial charge in [0.2, 0.25) is 5.91 Å². The van der Waals surface area contributed by atoms with Gasteiger partial charge in [-0.1, -0.05) is 247 Å². The molecular formula is C67H121N2O7P. The number of hydrogen-bond donors (Lipinski definition) is 1. The minimum atomic E-state index is -4.70. The molecule has 446 valence electrons. The number of carbonyl (C=O) groups is 2. The summed E-state index contributed by atoms with van der Waals surface area (Å²) in [6.07, 6.45) is 74.0. The molecule has 77 heavy (non-hydrogen) atoms. The average Bonchev–Trinajstić information content (AvgIpc) is 3.39. The van der Waals surface area contributed by atoms with Gasteiger partial charge in [-0.2, -0.15) is 0 Å². The number of likely N-dealkylation sites (N-methyl/N-ethyl adjacent to an activating group) is 1. The van der Waals surface area contributed by atoms with Crippen LogP contribution in [0.3, 0.4) is 0 Å². The molecule has 3 atom stereocenters. The van der Waals surface area contributed by atoms with Gasteiger partial charge in [0, 0.05) is 12.8 Å². The maximum atomic E-state index is 13.5. The highest BCUT2D eigenvalue weighted by Gasteiger charge is 2.27. The molecule has 0 radical (unpaired) electrons. The van der Waals surface area contributed by atoms with Crippen molar-refractivity contribution in [3.63, 3.8) is 0 Å². The van der Waals surface area contributed by atoms with E-state index in [4.69, 9.17) is 13.8 Å². The second kappa shape index (κ2) is 56.5. The monoisotopic (exact) mass is 1100 g/mol. The van der Waals surface area contributed by atoms with Crippen LogP contribution in [-0.2, 0) is 27.9 Å². The van der Waals surface area contributed by atoms with E-state index in [2.05, 4.69) is 99.0 Å². The molecule has 0 rings (SSSR count). The number of amides is 1. The molecule has 10 heteroatoms. The van der Waals surface area contributed by atoms with Gasteiger partial charge < -0.3 is 28.5 Å². The van der Waals surface area contributed by atoms with Crippen LogP contribution in [0.4, 0.5) is 0 Å². The number of carbonyl (C=O) groups excluding carboxylic acids is 2. The molecule has 0 fully saturated rings. The topological polar surface area (TPSA) is 114 Å². The van der Waals surface area contributed by atoms with Crippen molar-refractivity contribution in [2.45, 2.75) is 290 Å². The molecule has 0 spiro atoms. The van der Waals surface area contributed by atoms with Gasteiger partial charge >= 0.3 is 5.97 Å². The third kappa shape index (κ3) is 57.7. The Labute approximate surface area is 476 Å². The molecular weight excluding hydrogens is 976 g/mol. The van der Waals surface area contributed by atoms with Crippen molar-refractivity contribution in [2.75, 3.05) is 40.9 Å². The molecule has 0 aromatic heterocycles. The van der Waals surface area contributed by atoms with Crippen LogP contribution in [0.1, 0.15) is 278 Å². The highest BCUT2D eigenvalue weighted by Crippen LogP contribution is 2.38. The smallest absolute Gasteiger partial charge is 0.306 e. The highest BCUT2D eigenvalue weighted by molar-refractivity contribution is 7.45. The number of esters is 1. The van der Waals surface area contributed by atoms with Gasteiger partial charge in [0.25, 0.3) is 7.82 Å². The van der Waals surface area contributed by atoms with Crippen LogP contribution >= 0.6 is 7.82 Å². The molecule has 0 aliphatic rings. The Balaban J connectivity index is 5.20. The number of phosphoric ester groups is 1. The number of quaternary nitrogens is 1. The molecule has 0 saturated heterocycles. The van der Waals surface area contributed by atoms with Crippen LogP contribution in [-0.4, -0.2) is 69.4 Å². The fourth-order valence-electron chi connectivity index (χ4n) is 8.90. The summed E-state index contributed by atoms with van der Waals surface area (Å²) in [6, 6.07) is -0.899. The average molecular weight is 1100 g/mol. The third-order valence-electron chi connectivity index (χ3n) is 13.8. The van der Waals surface area contributed by atoms with E-state index in [1.54, 1.807) is 0 Å². The number of hydrogen-bond acceptors (Lipinski definition) is 7. The minimum Gasteiger partial charge on any atom is -0.756 e. The lowest BCUT2D eigenvalue weighted by atomic mass is 10.1. The number of phosphoric acid groups is 1. The quantitative estimate of drug-likeness (QED) is 0.0212. The van der Waals surface area contributed by atoms with E-state index in [1.807, 2.05) is 33.3 Å². The standard InChI is InChI=1S/C67H121N2O7P/c1-7-10-13-16-19-22-25-27-29-31-32-33-34-35-36-38-40-42-45-48-51-54-57-60-67(71)76-65(58-55-52-49-46-43-24-21-18-15-12-9-3)64(63-75-77(72,73)74-62-61-69(4,5)6)68-66(70)59-56-53-50-47-44-41-39-37-30-28-26-23-20-17-14-11-8-2/h10,13,19,22,27-30,32-33,35-36,55,58,64-65H,7-9,11-12,14-18,20-21,23-26,31,34,37-54,56-57,59-63H2,1-6H3,(H-,68,70,72,73)/b13-10-,22-19-,29-27-,30-28+,33-32-,36-35-,58-55-. The first-order valence-electron chi connectivity index (χ1n) is 31.9. The van der Waals surface area contributed by atoms with Crippen molar-refractivity contribution < 1.29 is 37.3 Å². The first-order chi connectivity index (χ1) is 37.4. The summed E-state index contributed by atoms with van der Waals surface area (Å²) >= 11 is 0. The number of rotatable bonds is 57. The zero-order valence-corrected chi connectivity index (χ0v) is 51.8. The predicted molar refractivity (Wildman–Crippen MR) is 330 cm³/mol. The van der Waals surface area contributed by atoms with Gasteiger partial charge in [-0.3, -0.25) is 14.2 Å². The summed E-state index contributed by atoms with van der Waals surface area (Å²) in [5.74, 6) is -0.558. The first-order valence-corrected chi connectivity index (χ1v) is 33.4. The lowest BCUT2D eigenvalue weighted by molar-refractivity contribution is -0.870. The summed E-state index contributed by atoms with van der Waals surface area (Å²) in [5, 5.41) is 3.02. The van der Waals surface area contributed by atoms with Crippen molar-refractivity contribution in [3.8, 4) is 0 Å².